The highest BCUT2D eigenvalue weighted by Gasteiger charge is 2.33. The quantitative estimate of drug-likeness (QED) is 0.908. The van der Waals surface area contributed by atoms with Gasteiger partial charge in [0.2, 0.25) is 0 Å². The number of halogens is 1. The molecule has 0 radical (unpaired) electrons. The van der Waals surface area contributed by atoms with Gasteiger partial charge in [0.1, 0.15) is 12.5 Å². The third-order valence-electron chi connectivity index (χ3n) is 2.52. The van der Waals surface area contributed by atoms with E-state index in [1.807, 2.05) is 6.07 Å². The Kier molecular flexibility index (Phi) is 3.33. The molecule has 1 saturated heterocycles. The van der Waals surface area contributed by atoms with Crippen molar-refractivity contribution in [3.63, 3.8) is 0 Å². The summed E-state index contributed by atoms with van der Waals surface area (Å²) in [6, 6.07) is 7.11. The van der Waals surface area contributed by atoms with E-state index < -0.39 is 18.0 Å². The molecule has 0 saturated carbocycles. The maximum absolute atomic E-state index is 11.6. The van der Waals surface area contributed by atoms with Crippen molar-refractivity contribution in [2.45, 2.75) is 0 Å². The molecule has 1 aromatic rings. The predicted octanol–water partition coefficient (Wildman–Crippen LogP) is 2.11. The summed E-state index contributed by atoms with van der Waals surface area (Å²) in [6.45, 7) is 0.0475. The van der Waals surface area contributed by atoms with Crippen molar-refractivity contribution in [1.29, 1.82) is 0 Å². The van der Waals surface area contributed by atoms with Gasteiger partial charge in [-0.2, -0.15) is 0 Å². The van der Waals surface area contributed by atoms with Gasteiger partial charge in [0.15, 0.2) is 0 Å². The van der Waals surface area contributed by atoms with E-state index in [0.717, 1.165) is 4.47 Å². The summed E-state index contributed by atoms with van der Waals surface area (Å²) >= 11 is 3.32. The molecule has 0 aromatic heterocycles. The number of carbonyl (C=O) groups excluding carboxylic acids is 1. The Morgan fingerprint density at radius 3 is 2.82 bits per heavy atom. The van der Waals surface area contributed by atoms with Gasteiger partial charge in [-0.1, -0.05) is 12.1 Å². The highest BCUT2D eigenvalue weighted by atomic mass is 79.9. The Bertz CT molecular complexity index is 463. The summed E-state index contributed by atoms with van der Waals surface area (Å²) in [7, 11) is 0. The number of rotatable bonds is 2. The number of carboxylic acid groups (broad SMARTS) is 1. The van der Waals surface area contributed by atoms with Crippen molar-refractivity contribution in [2.24, 2.45) is 5.92 Å². The molecule has 1 unspecified atom stereocenters. The molecule has 1 aromatic carbocycles. The number of aliphatic carboxylic acids is 1. The first-order valence-corrected chi connectivity index (χ1v) is 5.80. The van der Waals surface area contributed by atoms with Crippen LogP contribution in [-0.2, 0) is 9.53 Å². The third-order valence-corrected chi connectivity index (χ3v) is 3.19. The van der Waals surface area contributed by atoms with Gasteiger partial charge < -0.3 is 9.84 Å². The predicted molar refractivity (Wildman–Crippen MR) is 64.0 cm³/mol. The second-order valence-corrected chi connectivity index (χ2v) is 4.53. The molecule has 1 N–H and O–H groups in total. The van der Waals surface area contributed by atoms with E-state index in [0.29, 0.717) is 5.69 Å². The van der Waals surface area contributed by atoms with Crippen LogP contribution in [0, 0.1) is 5.92 Å². The van der Waals surface area contributed by atoms with Crippen LogP contribution in [0.25, 0.3) is 0 Å². The van der Waals surface area contributed by atoms with Crippen LogP contribution in [0.1, 0.15) is 0 Å². The topological polar surface area (TPSA) is 66.8 Å². The molecular weight excluding hydrogens is 290 g/mol. The van der Waals surface area contributed by atoms with Gasteiger partial charge >= 0.3 is 12.1 Å². The van der Waals surface area contributed by atoms with Crippen LogP contribution in [0.4, 0.5) is 10.5 Å². The Morgan fingerprint density at radius 1 is 1.47 bits per heavy atom. The van der Waals surface area contributed by atoms with Gasteiger partial charge in [0.25, 0.3) is 0 Å². The summed E-state index contributed by atoms with van der Waals surface area (Å²) in [6.07, 6.45) is -0.519. The molecular formula is C11H10BrNO4. The average molecular weight is 300 g/mol. The third kappa shape index (κ3) is 2.41. The van der Waals surface area contributed by atoms with Crippen LogP contribution in [0.5, 0.6) is 0 Å². The number of hydrogen-bond donors (Lipinski definition) is 1. The van der Waals surface area contributed by atoms with Gasteiger partial charge in [-0.3, -0.25) is 9.69 Å². The Morgan fingerprint density at radius 2 is 2.18 bits per heavy atom. The van der Waals surface area contributed by atoms with E-state index in [-0.39, 0.29) is 13.2 Å². The number of hydrogen-bond acceptors (Lipinski definition) is 3. The zero-order valence-corrected chi connectivity index (χ0v) is 10.4. The van der Waals surface area contributed by atoms with Crippen LogP contribution in [0.3, 0.4) is 0 Å². The Hall–Kier alpha value is -1.56. The number of anilines is 1. The Balaban J connectivity index is 2.27. The molecule has 1 heterocycles. The van der Waals surface area contributed by atoms with Gasteiger partial charge in [0.05, 0.1) is 5.69 Å². The first kappa shape index (κ1) is 11.9. The number of cyclic esters (lactones) is 1. The van der Waals surface area contributed by atoms with Crippen LogP contribution in [-0.4, -0.2) is 30.3 Å². The smallest absolute Gasteiger partial charge is 0.414 e. The van der Waals surface area contributed by atoms with E-state index in [1.54, 1.807) is 18.2 Å². The fourth-order valence-corrected chi connectivity index (χ4v) is 2.11. The highest BCUT2D eigenvalue weighted by Crippen LogP contribution is 2.28. The van der Waals surface area contributed by atoms with Gasteiger partial charge in [-0.05, 0) is 28.1 Å². The van der Waals surface area contributed by atoms with Crippen LogP contribution in [0.2, 0.25) is 0 Å². The number of amides is 1. The molecule has 0 spiro atoms. The van der Waals surface area contributed by atoms with Crippen molar-refractivity contribution in [3.8, 4) is 0 Å². The van der Waals surface area contributed by atoms with Gasteiger partial charge in [-0.25, -0.2) is 4.79 Å². The second-order valence-electron chi connectivity index (χ2n) is 3.67. The van der Waals surface area contributed by atoms with E-state index in [9.17, 15) is 9.59 Å². The minimum Gasteiger partial charge on any atom is -0.481 e. The van der Waals surface area contributed by atoms with Gasteiger partial charge in [-0.15, -0.1) is 0 Å². The second kappa shape index (κ2) is 4.75. The fraction of sp³-hybridized carbons (Fsp3) is 0.273. The monoisotopic (exact) mass is 299 g/mol. The normalized spacial score (nSPS) is 19.9. The maximum atomic E-state index is 11.6. The minimum atomic E-state index is -0.963. The maximum Gasteiger partial charge on any atom is 0.414 e. The summed E-state index contributed by atoms with van der Waals surface area (Å²) in [5.74, 6) is -1.66. The summed E-state index contributed by atoms with van der Waals surface area (Å²) in [4.78, 5) is 23.8. The van der Waals surface area contributed by atoms with Crippen molar-refractivity contribution in [1.82, 2.24) is 0 Å². The standard InChI is InChI=1S/C11H10BrNO4/c12-8-3-1-2-4-9(8)13-5-7(10(14)15)6-17-11(13)16/h1-4,7H,5-6H2,(H,14,15). The molecule has 1 aliphatic heterocycles. The lowest BCUT2D eigenvalue weighted by Gasteiger charge is -2.30. The molecule has 0 aliphatic carbocycles. The zero-order chi connectivity index (χ0) is 12.4. The molecule has 1 fully saturated rings. The molecule has 17 heavy (non-hydrogen) atoms. The summed E-state index contributed by atoms with van der Waals surface area (Å²) in [5.41, 5.74) is 0.614. The molecule has 90 valence electrons. The van der Waals surface area contributed by atoms with E-state index in [2.05, 4.69) is 15.9 Å². The average Bonchev–Trinajstić information content (AvgIpc) is 2.30. The Labute approximate surface area is 106 Å². The number of nitrogens with zero attached hydrogens (tertiary/aromatic N) is 1. The van der Waals surface area contributed by atoms with E-state index in [1.165, 1.54) is 4.90 Å². The largest absolute Gasteiger partial charge is 0.481 e. The fourth-order valence-electron chi connectivity index (χ4n) is 1.61. The minimum absolute atomic E-state index is 0.0743. The number of carboxylic acids is 1. The van der Waals surface area contributed by atoms with Crippen LogP contribution < -0.4 is 4.90 Å². The molecule has 1 amide bonds. The van der Waals surface area contributed by atoms with Crippen LogP contribution in [0.15, 0.2) is 28.7 Å². The molecule has 5 nitrogen and oxygen atoms in total. The SMILES string of the molecule is O=C(O)C1COC(=O)N(c2ccccc2Br)C1. The molecule has 2 rings (SSSR count). The first-order chi connectivity index (χ1) is 8.09. The number of ether oxygens (including phenoxy) is 1. The van der Waals surface area contributed by atoms with Crippen LogP contribution >= 0.6 is 15.9 Å². The number of carbonyl (C=O) groups is 2. The molecule has 1 aliphatic rings. The van der Waals surface area contributed by atoms with Gasteiger partial charge in [0, 0.05) is 11.0 Å². The van der Waals surface area contributed by atoms with Crippen molar-refractivity contribution in [2.75, 3.05) is 18.1 Å². The molecule has 6 heteroatoms. The van der Waals surface area contributed by atoms with Crippen molar-refractivity contribution >= 4 is 33.7 Å². The highest BCUT2D eigenvalue weighted by molar-refractivity contribution is 9.10. The lowest BCUT2D eigenvalue weighted by molar-refractivity contribution is -0.143. The van der Waals surface area contributed by atoms with Crippen molar-refractivity contribution < 1.29 is 19.4 Å². The zero-order valence-electron chi connectivity index (χ0n) is 8.80. The van der Waals surface area contributed by atoms with E-state index in [4.69, 9.17) is 9.84 Å². The first-order valence-electron chi connectivity index (χ1n) is 5.01. The number of benzene rings is 1. The summed E-state index contributed by atoms with van der Waals surface area (Å²) in [5, 5.41) is 8.93. The summed E-state index contributed by atoms with van der Waals surface area (Å²) < 4.78 is 5.58. The van der Waals surface area contributed by atoms with E-state index >= 15 is 0 Å². The molecule has 1 atom stereocenters. The van der Waals surface area contributed by atoms with Crippen molar-refractivity contribution in [3.05, 3.63) is 28.7 Å². The number of para-hydroxylation sites is 1. The molecule has 0 bridgehead atoms. The lowest BCUT2D eigenvalue weighted by Crippen LogP contribution is -2.46. The lowest BCUT2D eigenvalue weighted by atomic mass is 10.1.